The molecule has 4 nitrogen and oxygen atoms in total. The summed E-state index contributed by atoms with van der Waals surface area (Å²) in [5, 5.41) is 0.642. The van der Waals surface area contributed by atoms with Crippen molar-refractivity contribution in [1.82, 2.24) is 14.8 Å². The molecule has 110 valence electrons. The summed E-state index contributed by atoms with van der Waals surface area (Å²) in [5.41, 5.74) is 0.437. The zero-order valence-electron chi connectivity index (χ0n) is 11.8. The number of likely N-dealkylation sites (tertiary alicyclic amines) is 1. The standard InChI is InChI=1S/C14H19Cl2N3O/c1-3-18(4-2)10-5-6-19(9-10)14(20)11-7-13(16)17-8-12(11)15/h7-8,10H,3-6,9H2,1-2H3. The number of carbonyl (C=O) groups excluding carboxylic acids is 1. The van der Waals surface area contributed by atoms with Crippen LogP contribution in [0.3, 0.4) is 0 Å². The van der Waals surface area contributed by atoms with Crippen molar-refractivity contribution in [2.45, 2.75) is 26.3 Å². The summed E-state index contributed by atoms with van der Waals surface area (Å²) in [6, 6.07) is 1.97. The van der Waals surface area contributed by atoms with Gasteiger partial charge in [-0.3, -0.25) is 9.69 Å². The summed E-state index contributed by atoms with van der Waals surface area (Å²) < 4.78 is 0. The number of aromatic nitrogens is 1. The van der Waals surface area contributed by atoms with E-state index in [9.17, 15) is 4.79 Å². The topological polar surface area (TPSA) is 36.4 Å². The average molecular weight is 316 g/mol. The lowest BCUT2D eigenvalue weighted by Crippen LogP contribution is -2.38. The van der Waals surface area contributed by atoms with Gasteiger partial charge in [-0.05, 0) is 25.6 Å². The van der Waals surface area contributed by atoms with Gasteiger partial charge in [-0.15, -0.1) is 0 Å². The van der Waals surface area contributed by atoms with Crippen LogP contribution >= 0.6 is 23.2 Å². The number of carbonyl (C=O) groups is 1. The highest BCUT2D eigenvalue weighted by Gasteiger charge is 2.30. The van der Waals surface area contributed by atoms with Crippen LogP contribution in [-0.4, -0.2) is 52.9 Å². The van der Waals surface area contributed by atoms with Crippen LogP contribution in [0.4, 0.5) is 0 Å². The number of likely N-dealkylation sites (N-methyl/N-ethyl adjacent to an activating group) is 1. The molecule has 1 unspecified atom stereocenters. The quantitative estimate of drug-likeness (QED) is 0.801. The Bertz CT molecular complexity index is 491. The van der Waals surface area contributed by atoms with Crippen LogP contribution in [0.1, 0.15) is 30.6 Å². The number of amides is 1. The fourth-order valence-electron chi connectivity index (χ4n) is 2.71. The SMILES string of the molecule is CCN(CC)C1CCN(C(=O)c2cc(Cl)ncc2Cl)C1. The molecule has 0 saturated carbocycles. The van der Waals surface area contributed by atoms with Crippen molar-refractivity contribution in [2.24, 2.45) is 0 Å². The molecule has 0 radical (unpaired) electrons. The number of rotatable bonds is 4. The van der Waals surface area contributed by atoms with Gasteiger partial charge in [0.2, 0.25) is 0 Å². The van der Waals surface area contributed by atoms with Crippen LogP contribution < -0.4 is 0 Å². The lowest BCUT2D eigenvalue weighted by Gasteiger charge is -2.26. The molecular formula is C14H19Cl2N3O. The first kappa shape index (κ1) is 15.5. The summed E-state index contributed by atoms with van der Waals surface area (Å²) in [4.78, 5) is 20.6. The van der Waals surface area contributed by atoms with Crippen LogP contribution in [0, 0.1) is 0 Å². The minimum atomic E-state index is -0.0612. The molecule has 1 aromatic rings. The maximum Gasteiger partial charge on any atom is 0.255 e. The molecule has 1 saturated heterocycles. The highest BCUT2D eigenvalue weighted by molar-refractivity contribution is 6.35. The number of halogens is 2. The normalized spacial score (nSPS) is 18.9. The summed E-state index contributed by atoms with van der Waals surface area (Å²) >= 11 is 11.9. The predicted octanol–water partition coefficient (Wildman–Crippen LogP) is 2.94. The van der Waals surface area contributed by atoms with Crippen molar-refractivity contribution in [3.8, 4) is 0 Å². The van der Waals surface area contributed by atoms with Crippen LogP contribution in [0.5, 0.6) is 0 Å². The number of nitrogens with zero attached hydrogens (tertiary/aromatic N) is 3. The lowest BCUT2D eigenvalue weighted by molar-refractivity contribution is 0.0778. The summed E-state index contributed by atoms with van der Waals surface area (Å²) in [7, 11) is 0. The smallest absolute Gasteiger partial charge is 0.255 e. The fraction of sp³-hybridized carbons (Fsp3) is 0.571. The van der Waals surface area contributed by atoms with Gasteiger partial charge in [-0.2, -0.15) is 0 Å². The monoisotopic (exact) mass is 315 g/mol. The lowest BCUT2D eigenvalue weighted by atomic mass is 10.2. The van der Waals surface area contributed by atoms with E-state index < -0.39 is 0 Å². The number of hydrogen-bond acceptors (Lipinski definition) is 3. The molecule has 0 aromatic carbocycles. The highest BCUT2D eigenvalue weighted by atomic mass is 35.5. The molecule has 1 atom stereocenters. The van der Waals surface area contributed by atoms with E-state index in [-0.39, 0.29) is 11.1 Å². The van der Waals surface area contributed by atoms with Gasteiger partial charge in [0.15, 0.2) is 0 Å². The van der Waals surface area contributed by atoms with E-state index in [1.165, 1.54) is 12.3 Å². The van der Waals surface area contributed by atoms with Crippen molar-refractivity contribution in [2.75, 3.05) is 26.2 Å². The average Bonchev–Trinajstić information content (AvgIpc) is 2.92. The zero-order valence-corrected chi connectivity index (χ0v) is 13.3. The molecule has 2 heterocycles. The van der Waals surface area contributed by atoms with Crippen molar-refractivity contribution in [1.29, 1.82) is 0 Å². The van der Waals surface area contributed by atoms with Gasteiger partial charge in [0, 0.05) is 25.3 Å². The zero-order chi connectivity index (χ0) is 14.7. The Balaban J connectivity index is 2.10. The number of pyridine rings is 1. The Morgan fingerprint density at radius 3 is 2.80 bits per heavy atom. The van der Waals surface area contributed by atoms with E-state index in [2.05, 4.69) is 23.7 Å². The van der Waals surface area contributed by atoms with Gasteiger partial charge in [0.25, 0.3) is 5.91 Å². The second-order valence-corrected chi connectivity index (χ2v) is 5.70. The molecule has 20 heavy (non-hydrogen) atoms. The molecule has 0 spiro atoms. The molecule has 1 fully saturated rings. The van der Waals surface area contributed by atoms with Gasteiger partial charge in [0.1, 0.15) is 5.15 Å². The molecule has 0 bridgehead atoms. The summed E-state index contributed by atoms with van der Waals surface area (Å²) in [6.07, 6.45) is 2.43. The first-order valence-electron chi connectivity index (χ1n) is 6.91. The van der Waals surface area contributed by atoms with Crippen LogP contribution in [0.25, 0.3) is 0 Å². The molecule has 2 rings (SSSR count). The minimum absolute atomic E-state index is 0.0612. The van der Waals surface area contributed by atoms with E-state index in [0.29, 0.717) is 16.6 Å². The third-order valence-electron chi connectivity index (χ3n) is 3.83. The van der Waals surface area contributed by atoms with Gasteiger partial charge in [0.05, 0.1) is 10.6 Å². The van der Waals surface area contributed by atoms with E-state index in [1.54, 1.807) is 0 Å². The molecule has 1 aromatic heterocycles. The van der Waals surface area contributed by atoms with Gasteiger partial charge in [-0.25, -0.2) is 4.98 Å². The Labute approximate surface area is 129 Å². The molecule has 0 aliphatic carbocycles. The van der Waals surface area contributed by atoms with Crippen molar-refractivity contribution >= 4 is 29.1 Å². The third-order valence-corrected chi connectivity index (χ3v) is 4.34. The van der Waals surface area contributed by atoms with Gasteiger partial charge in [-0.1, -0.05) is 37.0 Å². The number of hydrogen-bond donors (Lipinski definition) is 0. The largest absolute Gasteiger partial charge is 0.337 e. The Morgan fingerprint density at radius 2 is 2.15 bits per heavy atom. The first-order valence-corrected chi connectivity index (χ1v) is 7.66. The Kier molecular flexibility index (Phi) is 5.24. The molecule has 1 aliphatic heterocycles. The summed E-state index contributed by atoms with van der Waals surface area (Å²) in [5.74, 6) is -0.0612. The van der Waals surface area contributed by atoms with Gasteiger partial charge >= 0.3 is 0 Å². The van der Waals surface area contributed by atoms with Crippen molar-refractivity contribution < 1.29 is 4.79 Å². The van der Waals surface area contributed by atoms with E-state index in [1.807, 2.05) is 4.90 Å². The second kappa shape index (κ2) is 6.74. The third kappa shape index (κ3) is 3.25. The van der Waals surface area contributed by atoms with E-state index >= 15 is 0 Å². The molecule has 6 heteroatoms. The molecule has 1 aliphatic rings. The predicted molar refractivity (Wildman–Crippen MR) is 81.5 cm³/mol. The minimum Gasteiger partial charge on any atom is -0.337 e. The molecule has 1 amide bonds. The second-order valence-electron chi connectivity index (χ2n) is 4.90. The maximum absolute atomic E-state index is 12.5. The first-order chi connectivity index (χ1) is 9.56. The highest BCUT2D eigenvalue weighted by Crippen LogP contribution is 2.23. The van der Waals surface area contributed by atoms with Crippen LogP contribution in [0.2, 0.25) is 10.2 Å². The van der Waals surface area contributed by atoms with E-state index in [4.69, 9.17) is 23.2 Å². The van der Waals surface area contributed by atoms with E-state index in [0.717, 1.165) is 32.6 Å². The fourth-order valence-corrected chi connectivity index (χ4v) is 3.05. The molecule has 0 N–H and O–H groups in total. The Hall–Kier alpha value is -0.840. The maximum atomic E-state index is 12.5. The Morgan fingerprint density at radius 1 is 1.45 bits per heavy atom. The van der Waals surface area contributed by atoms with Crippen LogP contribution in [-0.2, 0) is 0 Å². The van der Waals surface area contributed by atoms with Crippen molar-refractivity contribution in [3.63, 3.8) is 0 Å². The van der Waals surface area contributed by atoms with Gasteiger partial charge < -0.3 is 4.90 Å². The van der Waals surface area contributed by atoms with Crippen molar-refractivity contribution in [3.05, 3.63) is 28.0 Å². The summed E-state index contributed by atoms with van der Waals surface area (Å²) in [6.45, 7) is 7.81. The molecular weight excluding hydrogens is 297 g/mol. The van der Waals surface area contributed by atoms with Crippen LogP contribution in [0.15, 0.2) is 12.3 Å².